The lowest BCUT2D eigenvalue weighted by molar-refractivity contribution is -0.137. The lowest BCUT2D eigenvalue weighted by Crippen LogP contribution is -2.04. The predicted octanol–water partition coefficient (Wildman–Crippen LogP) is 5.66. The normalized spacial score (nSPS) is 11.9. The highest BCUT2D eigenvalue weighted by Crippen LogP contribution is 2.37. The molecule has 0 aliphatic heterocycles. The SMILES string of the molecule is Nc1ncc(-c2ccc(C(F)(F)F)cc2)c(-c2c[nH]c3cc(Br)ccc23)n1. The highest BCUT2D eigenvalue weighted by Gasteiger charge is 2.30. The second-order valence-corrected chi connectivity index (χ2v) is 6.87. The van der Waals surface area contributed by atoms with Gasteiger partial charge in [0, 0.05) is 38.9 Å². The predicted molar refractivity (Wildman–Crippen MR) is 102 cm³/mol. The van der Waals surface area contributed by atoms with Crippen LogP contribution in [0.4, 0.5) is 19.1 Å². The van der Waals surface area contributed by atoms with Gasteiger partial charge in [0.1, 0.15) is 0 Å². The summed E-state index contributed by atoms with van der Waals surface area (Å²) in [6.45, 7) is 0. The van der Waals surface area contributed by atoms with E-state index < -0.39 is 11.7 Å². The first-order valence-electron chi connectivity index (χ1n) is 7.90. The number of H-pyrrole nitrogens is 1. The molecule has 136 valence electrons. The Morgan fingerprint density at radius 3 is 2.44 bits per heavy atom. The Morgan fingerprint density at radius 2 is 1.74 bits per heavy atom. The molecule has 0 bridgehead atoms. The number of nitrogen functional groups attached to an aromatic ring is 1. The molecule has 0 aliphatic carbocycles. The molecule has 0 unspecified atom stereocenters. The number of hydrogen-bond donors (Lipinski definition) is 2. The number of aromatic nitrogens is 3. The third-order valence-electron chi connectivity index (χ3n) is 4.23. The Kier molecular flexibility index (Phi) is 4.15. The standard InChI is InChI=1S/C19H12BrF3N4/c20-12-5-6-13-15(9-25-16(13)7-12)17-14(8-26-18(24)27-17)10-1-3-11(4-2-10)19(21,22)23/h1-9,25H,(H2,24,26,27). The quantitative estimate of drug-likeness (QED) is 0.429. The molecule has 0 saturated heterocycles. The van der Waals surface area contributed by atoms with Crippen molar-refractivity contribution in [3.8, 4) is 22.4 Å². The molecule has 2 aromatic carbocycles. The van der Waals surface area contributed by atoms with Crippen molar-refractivity contribution in [3.63, 3.8) is 0 Å². The number of alkyl halides is 3. The average Bonchev–Trinajstić information content (AvgIpc) is 3.04. The largest absolute Gasteiger partial charge is 0.416 e. The highest BCUT2D eigenvalue weighted by atomic mass is 79.9. The number of benzene rings is 2. The zero-order valence-corrected chi connectivity index (χ0v) is 15.3. The minimum absolute atomic E-state index is 0.0899. The Balaban J connectivity index is 1.88. The number of halogens is 4. The van der Waals surface area contributed by atoms with Gasteiger partial charge in [-0.1, -0.05) is 34.1 Å². The lowest BCUT2D eigenvalue weighted by atomic mass is 9.99. The molecule has 4 rings (SSSR count). The summed E-state index contributed by atoms with van der Waals surface area (Å²) in [4.78, 5) is 11.5. The van der Waals surface area contributed by atoms with Crippen molar-refractivity contribution in [2.75, 3.05) is 5.73 Å². The maximum Gasteiger partial charge on any atom is 0.416 e. The van der Waals surface area contributed by atoms with Gasteiger partial charge in [0.2, 0.25) is 5.95 Å². The smallest absolute Gasteiger partial charge is 0.368 e. The summed E-state index contributed by atoms with van der Waals surface area (Å²) in [7, 11) is 0. The van der Waals surface area contributed by atoms with Crippen LogP contribution in [0.5, 0.6) is 0 Å². The topological polar surface area (TPSA) is 67.6 Å². The van der Waals surface area contributed by atoms with Crippen molar-refractivity contribution in [1.82, 2.24) is 15.0 Å². The van der Waals surface area contributed by atoms with Gasteiger partial charge in [-0.2, -0.15) is 13.2 Å². The first-order chi connectivity index (χ1) is 12.8. The van der Waals surface area contributed by atoms with Gasteiger partial charge in [-0.05, 0) is 29.8 Å². The molecule has 0 radical (unpaired) electrons. The van der Waals surface area contributed by atoms with Gasteiger partial charge in [-0.3, -0.25) is 0 Å². The van der Waals surface area contributed by atoms with Crippen LogP contribution in [0.2, 0.25) is 0 Å². The van der Waals surface area contributed by atoms with Gasteiger partial charge in [-0.25, -0.2) is 9.97 Å². The van der Waals surface area contributed by atoms with Crippen LogP contribution in [0.3, 0.4) is 0 Å². The summed E-state index contributed by atoms with van der Waals surface area (Å²) in [6.07, 6.45) is -1.06. The number of nitrogens with two attached hydrogens (primary N) is 1. The maximum absolute atomic E-state index is 12.8. The monoisotopic (exact) mass is 432 g/mol. The molecule has 0 amide bonds. The van der Waals surface area contributed by atoms with E-state index in [1.807, 2.05) is 18.2 Å². The molecule has 4 nitrogen and oxygen atoms in total. The third kappa shape index (κ3) is 3.28. The number of hydrogen-bond acceptors (Lipinski definition) is 3. The van der Waals surface area contributed by atoms with E-state index in [1.165, 1.54) is 18.3 Å². The fourth-order valence-electron chi connectivity index (χ4n) is 2.95. The van der Waals surface area contributed by atoms with Gasteiger partial charge in [0.15, 0.2) is 0 Å². The Hall–Kier alpha value is -2.87. The average molecular weight is 433 g/mol. The number of nitrogens with one attached hydrogen (secondary N) is 1. The minimum atomic E-state index is -4.39. The van der Waals surface area contributed by atoms with Crippen LogP contribution in [0.1, 0.15) is 5.56 Å². The Labute approximate surface area is 160 Å². The number of rotatable bonds is 2. The van der Waals surface area contributed by atoms with Crippen LogP contribution in [0.15, 0.2) is 59.3 Å². The molecule has 0 saturated carbocycles. The van der Waals surface area contributed by atoms with Gasteiger partial charge in [0.25, 0.3) is 0 Å². The van der Waals surface area contributed by atoms with E-state index in [-0.39, 0.29) is 5.95 Å². The van der Waals surface area contributed by atoms with E-state index in [0.717, 1.165) is 33.1 Å². The molecular formula is C19H12BrF3N4. The van der Waals surface area contributed by atoms with Gasteiger partial charge in [0.05, 0.1) is 11.3 Å². The van der Waals surface area contributed by atoms with Crippen LogP contribution in [-0.2, 0) is 6.18 Å². The fourth-order valence-corrected chi connectivity index (χ4v) is 3.31. The van der Waals surface area contributed by atoms with Gasteiger partial charge in [-0.15, -0.1) is 0 Å². The first kappa shape index (κ1) is 17.5. The maximum atomic E-state index is 12.8. The first-order valence-corrected chi connectivity index (χ1v) is 8.69. The zero-order valence-electron chi connectivity index (χ0n) is 13.7. The summed E-state index contributed by atoms with van der Waals surface area (Å²) in [5.74, 6) is 0.0899. The van der Waals surface area contributed by atoms with Crippen molar-refractivity contribution in [2.45, 2.75) is 6.18 Å². The number of fused-ring (bicyclic) bond motifs is 1. The molecule has 0 atom stereocenters. The summed E-state index contributed by atoms with van der Waals surface area (Å²) in [5.41, 5.74) is 8.48. The molecule has 0 spiro atoms. The summed E-state index contributed by atoms with van der Waals surface area (Å²) in [5, 5.41) is 0.921. The molecule has 2 aromatic heterocycles. The van der Waals surface area contributed by atoms with E-state index in [4.69, 9.17) is 5.73 Å². The van der Waals surface area contributed by atoms with Gasteiger partial charge < -0.3 is 10.7 Å². The van der Waals surface area contributed by atoms with Crippen LogP contribution >= 0.6 is 15.9 Å². The fraction of sp³-hybridized carbons (Fsp3) is 0.0526. The zero-order chi connectivity index (χ0) is 19.2. The van der Waals surface area contributed by atoms with Crippen LogP contribution < -0.4 is 5.73 Å². The number of anilines is 1. The van der Waals surface area contributed by atoms with E-state index in [2.05, 4.69) is 30.9 Å². The van der Waals surface area contributed by atoms with Crippen LogP contribution in [-0.4, -0.2) is 15.0 Å². The second-order valence-electron chi connectivity index (χ2n) is 5.96. The molecule has 0 aliphatic rings. The highest BCUT2D eigenvalue weighted by molar-refractivity contribution is 9.10. The van der Waals surface area contributed by atoms with Crippen molar-refractivity contribution in [3.05, 3.63) is 64.9 Å². The molecule has 2 heterocycles. The molecule has 27 heavy (non-hydrogen) atoms. The molecule has 0 fully saturated rings. The molecule has 4 aromatic rings. The van der Waals surface area contributed by atoms with Crippen molar-refractivity contribution >= 4 is 32.8 Å². The van der Waals surface area contributed by atoms with E-state index in [9.17, 15) is 13.2 Å². The number of nitrogens with zero attached hydrogens (tertiary/aromatic N) is 2. The van der Waals surface area contributed by atoms with Crippen LogP contribution in [0, 0.1) is 0 Å². The Morgan fingerprint density at radius 1 is 1.00 bits per heavy atom. The van der Waals surface area contributed by atoms with Gasteiger partial charge >= 0.3 is 6.18 Å². The molecule has 8 heteroatoms. The summed E-state index contributed by atoms with van der Waals surface area (Å²) >= 11 is 3.43. The van der Waals surface area contributed by atoms with Crippen LogP contribution in [0.25, 0.3) is 33.3 Å². The van der Waals surface area contributed by atoms with E-state index in [1.54, 1.807) is 6.20 Å². The van der Waals surface area contributed by atoms with Crippen molar-refractivity contribution < 1.29 is 13.2 Å². The minimum Gasteiger partial charge on any atom is -0.368 e. The summed E-state index contributed by atoms with van der Waals surface area (Å²) < 4.78 is 39.4. The van der Waals surface area contributed by atoms with E-state index >= 15 is 0 Å². The summed E-state index contributed by atoms with van der Waals surface area (Å²) in [6, 6.07) is 10.7. The Bertz CT molecular complexity index is 1130. The molecular weight excluding hydrogens is 421 g/mol. The van der Waals surface area contributed by atoms with E-state index in [0.29, 0.717) is 16.8 Å². The lowest BCUT2D eigenvalue weighted by Gasteiger charge is -2.11. The van der Waals surface area contributed by atoms with Crippen molar-refractivity contribution in [2.24, 2.45) is 0 Å². The van der Waals surface area contributed by atoms with Crippen molar-refractivity contribution in [1.29, 1.82) is 0 Å². The second kappa shape index (κ2) is 6.38. The molecule has 3 N–H and O–H groups in total. The number of aromatic amines is 1. The third-order valence-corrected chi connectivity index (χ3v) is 4.72.